The van der Waals surface area contributed by atoms with E-state index in [1.807, 2.05) is 20.8 Å². The number of hydrogen-bond donors (Lipinski definition) is 0. The molecule has 0 radical (unpaired) electrons. The third-order valence-electron chi connectivity index (χ3n) is 3.88. The Bertz CT molecular complexity index is 315. The summed E-state index contributed by atoms with van der Waals surface area (Å²) in [5.41, 5.74) is 0. The number of carbonyl (C=O) groups is 3. The molecule has 1 aliphatic rings. The van der Waals surface area contributed by atoms with Crippen LogP contribution in [0, 0.1) is 0 Å². The summed E-state index contributed by atoms with van der Waals surface area (Å²) in [7, 11) is 0. The summed E-state index contributed by atoms with van der Waals surface area (Å²) in [4.78, 5) is 41.1. The fourth-order valence-electron chi connectivity index (χ4n) is 2.48. The van der Waals surface area contributed by atoms with Crippen LogP contribution < -0.4 is 0 Å². The molecular weight excluding hydrogens is 270 g/mol. The molecule has 1 rings (SSSR count). The largest absolute Gasteiger partial charge is 0.339 e. The van der Waals surface area contributed by atoms with Crippen LogP contribution >= 0.6 is 0 Å². The molecule has 1 fully saturated rings. The van der Waals surface area contributed by atoms with Gasteiger partial charge in [-0.3, -0.25) is 14.4 Å². The van der Waals surface area contributed by atoms with Gasteiger partial charge < -0.3 is 14.7 Å². The van der Waals surface area contributed by atoms with Crippen LogP contribution in [0.25, 0.3) is 0 Å². The molecule has 0 bridgehead atoms. The van der Waals surface area contributed by atoms with Gasteiger partial charge >= 0.3 is 0 Å². The first-order valence-corrected chi connectivity index (χ1v) is 7.86. The predicted octanol–water partition coefficient (Wildman–Crippen LogP) is 0.716. The third kappa shape index (κ3) is 5.02. The molecule has 1 aliphatic heterocycles. The van der Waals surface area contributed by atoms with E-state index in [4.69, 9.17) is 0 Å². The highest BCUT2D eigenvalue weighted by Gasteiger charge is 2.22. The molecule has 0 saturated carbocycles. The topological polar surface area (TPSA) is 60.9 Å². The van der Waals surface area contributed by atoms with Crippen LogP contribution in [0.3, 0.4) is 0 Å². The van der Waals surface area contributed by atoms with Gasteiger partial charge in [-0.15, -0.1) is 0 Å². The molecule has 0 N–H and O–H groups in total. The predicted molar refractivity (Wildman–Crippen MR) is 80.6 cm³/mol. The second kappa shape index (κ2) is 8.64. The normalized spacial score (nSPS) is 17.0. The van der Waals surface area contributed by atoms with E-state index in [0.717, 1.165) is 0 Å². The third-order valence-corrected chi connectivity index (χ3v) is 3.88. The Hall–Kier alpha value is -1.59. The van der Waals surface area contributed by atoms with Crippen LogP contribution in [0.2, 0.25) is 0 Å². The van der Waals surface area contributed by atoms with Crippen LogP contribution in [0.15, 0.2) is 0 Å². The Morgan fingerprint density at radius 1 is 0.571 bits per heavy atom. The highest BCUT2D eigenvalue weighted by molar-refractivity contribution is 5.78. The zero-order valence-corrected chi connectivity index (χ0v) is 13.4. The maximum absolute atomic E-state index is 12.0. The maximum Gasteiger partial charge on any atom is 0.222 e. The minimum Gasteiger partial charge on any atom is -0.339 e. The molecule has 3 amide bonds. The fraction of sp³-hybridized carbons (Fsp3) is 0.800. The van der Waals surface area contributed by atoms with Gasteiger partial charge in [0.05, 0.1) is 0 Å². The molecule has 0 unspecified atom stereocenters. The Morgan fingerprint density at radius 3 is 0.905 bits per heavy atom. The van der Waals surface area contributed by atoms with Crippen LogP contribution in [-0.4, -0.2) is 71.7 Å². The number of amides is 3. The SMILES string of the molecule is CCC(=O)N1CCN(C(=O)CC)CCN(C(=O)CC)CC1. The average Bonchev–Trinajstić information content (AvgIpc) is 2.62. The van der Waals surface area contributed by atoms with Crippen LogP contribution in [-0.2, 0) is 14.4 Å². The molecule has 0 atom stereocenters. The smallest absolute Gasteiger partial charge is 0.222 e. The maximum atomic E-state index is 12.0. The lowest BCUT2D eigenvalue weighted by Gasteiger charge is -2.25. The first-order valence-electron chi connectivity index (χ1n) is 7.86. The van der Waals surface area contributed by atoms with Crippen molar-refractivity contribution in [2.45, 2.75) is 40.0 Å². The highest BCUT2D eigenvalue weighted by atomic mass is 16.2. The molecule has 1 saturated heterocycles. The minimum absolute atomic E-state index is 0.0738. The van der Waals surface area contributed by atoms with Crippen molar-refractivity contribution >= 4 is 17.7 Å². The van der Waals surface area contributed by atoms with Crippen LogP contribution in [0.5, 0.6) is 0 Å². The molecule has 0 spiro atoms. The molecule has 0 aromatic carbocycles. The van der Waals surface area contributed by atoms with E-state index in [1.54, 1.807) is 14.7 Å². The van der Waals surface area contributed by atoms with E-state index in [1.165, 1.54) is 0 Å². The van der Waals surface area contributed by atoms with E-state index in [9.17, 15) is 14.4 Å². The minimum atomic E-state index is 0.0738. The van der Waals surface area contributed by atoms with E-state index >= 15 is 0 Å². The summed E-state index contributed by atoms with van der Waals surface area (Å²) in [5.74, 6) is 0.221. The molecule has 6 heteroatoms. The summed E-state index contributed by atoms with van der Waals surface area (Å²) in [6.45, 7) is 8.79. The average molecular weight is 297 g/mol. The van der Waals surface area contributed by atoms with Crippen molar-refractivity contribution in [2.24, 2.45) is 0 Å². The van der Waals surface area contributed by atoms with Gasteiger partial charge in [-0.05, 0) is 0 Å². The van der Waals surface area contributed by atoms with Gasteiger partial charge in [0.15, 0.2) is 0 Å². The Balaban J connectivity index is 2.83. The summed E-state index contributed by atoms with van der Waals surface area (Å²) < 4.78 is 0. The first-order chi connectivity index (χ1) is 10.0. The number of nitrogens with zero attached hydrogens (tertiary/aromatic N) is 3. The van der Waals surface area contributed by atoms with Crippen molar-refractivity contribution in [3.63, 3.8) is 0 Å². The number of carbonyl (C=O) groups excluding carboxylic acids is 3. The zero-order chi connectivity index (χ0) is 15.8. The molecule has 6 nitrogen and oxygen atoms in total. The monoisotopic (exact) mass is 297 g/mol. The van der Waals surface area contributed by atoms with Crippen LogP contribution in [0.1, 0.15) is 40.0 Å². The van der Waals surface area contributed by atoms with Gasteiger partial charge in [-0.2, -0.15) is 0 Å². The van der Waals surface area contributed by atoms with Gasteiger partial charge in [0.2, 0.25) is 17.7 Å². The Labute approximate surface area is 127 Å². The quantitative estimate of drug-likeness (QED) is 0.771. The van der Waals surface area contributed by atoms with Crippen molar-refractivity contribution in [2.75, 3.05) is 39.3 Å². The second-order valence-corrected chi connectivity index (χ2v) is 5.20. The van der Waals surface area contributed by atoms with E-state index in [0.29, 0.717) is 58.5 Å². The summed E-state index contributed by atoms with van der Waals surface area (Å²) in [5, 5.41) is 0. The fourth-order valence-corrected chi connectivity index (χ4v) is 2.48. The number of hydrogen-bond acceptors (Lipinski definition) is 3. The lowest BCUT2D eigenvalue weighted by atomic mass is 10.3. The molecule has 0 aliphatic carbocycles. The summed E-state index contributed by atoms with van der Waals surface area (Å²) in [6.07, 6.45) is 1.34. The van der Waals surface area contributed by atoms with Crippen molar-refractivity contribution in [3.8, 4) is 0 Å². The highest BCUT2D eigenvalue weighted by Crippen LogP contribution is 2.05. The van der Waals surface area contributed by atoms with Gasteiger partial charge in [0.25, 0.3) is 0 Å². The van der Waals surface area contributed by atoms with Gasteiger partial charge in [-0.25, -0.2) is 0 Å². The molecule has 0 aromatic rings. The van der Waals surface area contributed by atoms with Gasteiger partial charge in [-0.1, -0.05) is 20.8 Å². The van der Waals surface area contributed by atoms with E-state index in [2.05, 4.69) is 0 Å². The first kappa shape index (κ1) is 17.5. The van der Waals surface area contributed by atoms with Crippen molar-refractivity contribution in [1.29, 1.82) is 0 Å². The lowest BCUT2D eigenvalue weighted by molar-refractivity contribution is -0.134. The van der Waals surface area contributed by atoms with Crippen molar-refractivity contribution in [1.82, 2.24) is 14.7 Å². The van der Waals surface area contributed by atoms with Crippen molar-refractivity contribution in [3.05, 3.63) is 0 Å². The Morgan fingerprint density at radius 2 is 0.762 bits per heavy atom. The molecule has 1 heterocycles. The van der Waals surface area contributed by atoms with E-state index in [-0.39, 0.29) is 17.7 Å². The van der Waals surface area contributed by atoms with Gasteiger partial charge in [0.1, 0.15) is 0 Å². The standard InChI is InChI=1S/C15H27N3O3/c1-4-13(19)16-7-9-17(14(20)5-2)11-12-18(10-8-16)15(21)6-3/h4-12H2,1-3H3. The molecular formula is C15H27N3O3. The molecule has 120 valence electrons. The Kier molecular flexibility index (Phi) is 7.19. The van der Waals surface area contributed by atoms with Crippen molar-refractivity contribution < 1.29 is 14.4 Å². The lowest BCUT2D eigenvalue weighted by Crippen LogP contribution is -2.41. The second-order valence-electron chi connectivity index (χ2n) is 5.20. The molecule has 21 heavy (non-hydrogen) atoms. The number of rotatable bonds is 3. The summed E-state index contributed by atoms with van der Waals surface area (Å²) in [6, 6.07) is 0. The van der Waals surface area contributed by atoms with Crippen LogP contribution in [0.4, 0.5) is 0 Å². The molecule has 0 aromatic heterocycles. The zero-order valence-electron chi connectivity index (χ0n) is 13.4. The van der Waals surface area contributed by atoms with Gasteiger partial charge in [0, 0.05) is 58.5 Å². The van der Waals surface area contributed by atoms with E-state index < -0.39 is 0 Å². The summed E-state index contributed by atoms with van der Waals surface area (Å²) >= 11 is 0.